The summed E-state index contributed by atoms with van der Waals surface area (Å²) in [6.45, 7) is 10.00. The second-order valence-electron chi connectivity index (χ2n) is 8.47. The molecule has 0 saturated heterocycles. The van der Waals surface area contributed by atoms with Gasteiger partial charge in [-0.15, -0.1) is 0 Å². The predicted molar refractivity (Wildman–Crippen MR) is 126 cm³/mol. The van der Waals surface area contributed by atoms with Gasteiger partial charge in [0.05, 0.1) is 17.7 Å². The summed E-state index contributed by atoms with van der Waals surface area (Å²) in [4.78, 5) is 39.6. The third kappa shape index (κ3) is 6.84. The van der Waals surface area contributed by atoms with Crippen LogP contribution < -0.4 is 10.6 Å². The first-order valence-corrected chi connectivity index (χ1v) is 11.7. The van der Waals surface area contributed by atoms with Crippen LogP contribution in [-0.4, -0.2) is 35.5 Å². The highest BCUT2D eigenvalue weighted by atomic mass is 16.5. The van der Waals surface area contributed by atoms with Crippen molar-refractivity contribution in [2.24, 2.45) is 0 Å². The van der Waals surface area contributed by atoms with Crippen LogP contribution in [0.2, 0.25) is 0 Å². The van der Waals surface area contributed by atoms with Crippen molar-refractivity contribution in [1.29, 1.82) is 0 Å². The van der Waals surface area contributed by atoms with Gasteiger partial charge < -0.3 is 15.4 Å². The first kappa shape index (κ1) is 25.4. The molecule has 2 rings (SSSR count). The van der Waals surface area contributed by atoms with Crippen molar-refractivity contribution in [3.63, 3.8) is 0 Å². The van der Waals surface area contributed by atoms with Crippen molar-refractivity contribution in [2.45, 2.75) is 85.3 Å². The molecule has 1 heterocycles. The summed E-state index contributed by atoms with van der Waals surface area (Å²) in [5.41, 5.74) is 2.36. The molecular weight excluding hydrogens is 406 g/mol. The van der Waals surface area contributed by atoms with E-state index in [9.17, 15) is 14.4 Å². The Morgan fingerprint density at radius 3 is 2.56 bits per heavy atom. The molecule has 0 aliphatic carbocycles. The number of unbranched alkanes of at least 4 members (excludes halogenated alkanes) is 3. The molecule has 32 heavy (non-hydrogen) atoms. The number of nitrogens with zero attached hydrogens (tertiary/aromatic N) is 1. The summed E-state index contributed by atoms with van der Waals surface area (Å²) < 4.78 is 5.49. The molecule has 7 heteroatoms. The maximum absolute atomic E-state index is 13.0. The van der Waals surface area contributed by atoms with E-state index in [1.54, 1.807) is 31.7 Å². The summed E-state index contributed by atoms with van der Waals surface area (Å²) in [6.07, 6.45) is 5.11. The summed E-state index contributed by atoms with van der Waals surface area (Å²) >= 11 is 0. The van der Waals surface area contributed by atoms with Gasteiger partial charge in [0.2, 0.25) is 5.91 Å². The molecular formula is C25H37N3O4. The quantitative estimate of drug-likeness (QED) is 0.359. The lowest BCUT2D eigenvalue weighted by atomic mass is 9.94. The van der Waals surface area contributed by atoms with Crippen LogP contribution in [0.1, 0.15) is 84.7 Å². The number of anilines is 1. The smallest absolute Gasteiger partial charge is 0.338 e. The molecule has 1 atom stereocenters. The van der Waals surface area contributed by atoms with Gasteiger partial charge >= 0.3 is 12.0 Å². The number of rotatable bonds is 11. The number of ether oxygens (including phenoxy) is 1. The summed E-state index contributed by atoms with van der Waals surface area (Å²) in [5, 5.41) is 5.88. The number of hydrogen-bond acceptors (Lipinski definition) is 4. The van der Waals surface area contributed by atoms with E-state index in [4.69, 9.17) is 4.74 Å². The van der Waals surface area contributed by atoms with E-state index < -0.39 is 12.0 Å². The minimum Gasteiger partial charge on any atom is -0.459 e. The molecule has 1 aromatic rings. The number of esters is 1. The van der Waals surface area contributed by atoms with Gasteiger partial charge in [-0.3, -0.25) is 9.69 Å². The molecule has 0 bridgehead atoms. The van der Waals surface area contributed by atoms with Crippen molar-refractivity contribution in [2.75, 3.05) is 11.9 Å². The number of allylic oxidation sites excluding steroid dienone is 1. The maximum Gasteiger partial charge on any atom is 0.338 e. The predicted octanol–water partition coefficient (Wildman–Crippen LogP) is 5.30. The Morgan fingerprint density at radius 2 is 1.91 bits per heavy atom. The zero-order valence-electron chi connectivity index (χ0n) is 20.0. The van der Waals surface area contributed by atoms with Crippen molar-refractivity contribution in [3.8, 4) is 0 Å². The van der Waals surface area contributed by atoms with Crippen LogP contribution in [0.25, 0.3) is 0 Å². The lowest BCUT2D eigenvalue weighted by Crippen LogP contribution is -2.48. The number of carbonyl (C=O) groups is 3. The van der Waals surface area contributed by atoms with E-state index in [0.29, 0.717) is 35.5 Å². The number of hydrogen-bond donors (Lipinski definition) is 2. The zero-order valence-corrected chi connectivity index (χ0v) is 20.0. The molecule has 1 aliphatic heterocycles. The van der Waals surface area contributed by atoms with Gasteiger partial charge in [-0.05, 0) is 51.3 Å². The minimum atomic E-state index is -0.650. The van der Waals surface area contributed by atoms with Crippen LogP contribution in [0.4, 0.5) is 10.5 Å². The van der Waals surface area contributed by atoms with Crippen LogP contribution in [0.15, 0.2) is 35.5 Å². The summed E-state index contributed by atoms with van der Waals surface area (Å²) in [7, 11) is 0. The van der Waals surface area contributed by atoms with Gasteiger partial charge in [0, 0.05) is 24.4 Å². The molecule has 1 aliphatic rings. The average molecular weight is 444 g/mol. The minimum absolute atomic E-state index is 0.0359. The lowest BCUT2D eigenvalue weighted by molar-refractivity contribution is -0.143. The van der Waals surface area contributed by atoms with E-state index in [1.165, 1.54) is 0 Å². The van der Waals surface area contributed by atoms with Gasteiger partial charge in [0.1, 0.15) is 0 Å². The van der Waals surface area contributed by atoms with Gasteiger partial charge in [-0.2, -0.15) is 0 Å². The fourth-order valence-corrected chi connectivity index (χ4v) is 3.80. The Hall–Kier alpha value is -2.83. The number of nitrogens with one attached hydrogen (secondary N) is 2. The van der Waals surface area contributed by atoms with Crippen molar-refractivity contribution >= 4 is 23.6 Å². The van der Waals surface area contributed by atoms with E-state index in [0.717, 1.165) is 32.1 Å². The highest BCUT2D eigenvalue weighted by Gasteiger charge is 2.36. The highest BCUT2D eigenvalue weighted by Crippen LogP contribution is 2.32. The number of urea groups is 1. The molecule has 2 N–H and O–H groups in total. The molecule has 0 radical (unpaired) electrons. The Bertz CT molecular complexity index is 847. The van der Waals surface area contributed by atoms with Gasteiger partial charge in [-0.1, -0.05) is 45.2 Å². The van der Waals surface area contributed by atoms with Gasteiger partial charge in [0.15, 0.2) is 0 Å². The third-order valence-corrected chi connectivity index (χ3v) is 5.37. The Balaban J connectivity index is 2.29. The number of carbonyl (C=O) groups excluding carboxylic acids is 3. The van der Waals surface area contributed by atoms with E-state index in [-0.39, 0.29) is 18.0 Å². The number of amides is 3. The van der Waals surface area contributed by atoms with E-state index in [2.05, 4.69) is 17.6 Å². The monoisotopic (exact) mass is 443 g/mol. The van der Waals surface area contributed by atoms with Crippen LogP contribution in [-0.2, 0) is 14.3 Å². The zero-order chi connectivity index (χ0) is 23.7. The second kappa shape index (κ2) is 12.3. The lowest BCUT2D eigenvalue weighted by Gasteiger charge is -2.35. The first-order chi connectivity index (χ1) is 15.3. The summed E-state index contributed by atoms with van der Waals surface area (Å²) in [5.74, 6) is -0.486. The van der Waals surface area contributed by atoms with E-state index in [1.807, 2.05) is 25.1 Å². The van der Waals surface area contributed by atoms with Crippen molar-refractivity contribution < 1.29 is 19.1 Å². The Kier molecular flexibility index (Phi) is 9.75. The average Bonchev–Trinajstić information content (AvgIpc) is 2.73. The SMILES string of the molecule is CCCCCCC(=O)Nc1cccc(C2NC(=O)N(CCC)C(C)=C2C(=O)OC(C)C)c1. The fraction of sp³-hybridized carbons (Fsp3) is 0.560. The molecule has 176 valence electrons. The third-order valence-electron chi connectivity index (χ3n) is 5.37. The normalized spacial score (nSPS) is 16.2. The standard InChI is InChI=1S/C25H37N3O4/c1-6-8-9-10-14-21(29)26-20-13-11-12-19(16-20)23-22(24(30)32-17(3)4)18(5)28(15-7-2)25(31)27-23/h11-13,16-17,23H,6-10,14-15H2,1-5H3,(H,26,29)(H,27,31). The molecule has 3 amide bonds. The highest BCUT2D eigenvalue weighted by molar-refractivity contribution is 5.95. The molecule has 1 unspecified atom stereocenters. The molecule has 7 nitrogen and oxygen atoms in total. The van der Waals surface area contributed by atoms with Crippen LogP contribution >= 0.6 is 0 Å². The molecule has 1 aromatic carbocycles. The topological polar surface area (TPSA) is 87.7 Å². The Morgan fingerprint density at radius 1 is 1.16 bits per heavy atom. The molecule has 0 spiro atoms. The largest absolute Gasteiger partial charge is 0.459 e. The first-order valence-electron chi connectivity index (χ1n) is 11.7. The van der Waals surface area contributed by atoms with Crippen molar-refractivity contribution in [1.82, 2.24) is 10.2 Å². The molecule has 0 fully saturated rings. The van der Waals surface area contributed by atoms with E-state index >= 15 is 0 Å². The second-order valence-corrected chi connectivity index (χ2v) is 8.47. The molecule has 0 saturated carbocycles. The Labute approximate surface area is 191 Å². The van der Waals surface area contributed by atoms with Crippen LogP contribution in [0, 0.1) is 0 Å². The fourth-order valence-electron chi connectivity index (χ4n) is 3.80. The van der Waals surface area contributed by atoms with Crippen molar-refractivity contribution in [3.05, 3.63) is 41.1 Å². The van der Waals surface area contributed by atoms with Crippen LogP contribution in [0.3, 0.4) is 0 Å². The number of benzene rings is 1. The van der Waals surface area contributed by atoms with Crippen LogP contribution in [0.5, 0.6) is 0 Å². The molecule has 0 aromatic heterocycles. The maximum atomic E-state index is 13.0. The van der Waals surface area contributed by atoms with Gasteiger partial charge in [0.25, 0.3) is 0 Å². The summed E-state index contributed by atoms with van der Waals surface area (Å²) in [6, 6.07) is 6.37. The van der Waals surface area contributed by atoms with Gasteiger partial charge in [-0.25, -0.2) is 9.59 Å².